The van der Waals surface area contributed by atoms with Crippen molar-refractivity contribution in [2.45, 2.75) is 38.5 Å². The Balaban J connectivity index is 2.64. The first-order valence-corrected chi connectivity index (χ1v) is 9.48. The Kier molecular flexibility index (Phi) is 7.75. The van der Waals surface area contributed by atoms with Crippen LogP contribution in [0, 0.1) is 0 Å². The van der Waals surface area contributed by atoms with Crippen LogP contribution in [0.15, 0.2) is 29.2 Å². The van der Waals surface area contributed by atoms with Crippen molar-refractivity contribution in [2.75, 3.05) is 37.2 Å². The number of hydrogen-bond donors (Lipinski definition) is 1. The van der Waals surface area contributed by atoms with E-state index < -0.39 is 9.84 Å². The van der Waals surface area contributed by atoms with E-state index in [1.165, 1.54) is 0 Å². The Morgan fingerprint density at radius 1 is 1.10 bits per heavy atom. The molecule has 0 aliphatic carbocycles. The lowest BCUT2D eigenvalue weighted by molar-refractivity contribution is 0.303. The third-order valence-electron chi connectivity index (χ3n) is 3.56. The SMILES string of the molecule is CCCS(=O)(=O)c1ccccc1NCCCN(CC)CC. The fourth-order valence-electron chi connectivity index (χ4n) is 2.33. The highest BCUT2D eigenvalue weighted by molar-refractivity contribution is 7.91. The van der Waals surface area contributed by atoms with Crippen LogP contribution in [0.5, 0.6) is 0 Å². The molecule has 0 saturated heterocycles. The minimum absolute atomic E-state index is 0.200. The van der Waals surface area contributed by atoms with Gasteiger partial charge in [-0.05, 0) is 44.6 Å². The van der Waals surface area contributed by atoms with Gasteiger partial charge in [-0.2, -0.15) is 0 Å². The molecule has 0 saturated carbocycles. The van der Waals surface area contributed by atoms with Crippen LogP contribution in [-0.2, 0) is 9.84 Å². The molecule has 120 valence electrons. The maximum absolute atomic E-state index is 12.2. The molecular weight excluding hydrogens is 284 g/mol. The predicted molar refractivity (Wildman–Crippen MR) is 89.7 cm³/mol. The average molecular weight is 312 g/mol. The van der Waals surface area contributed by atoms with Crippen LogP contribution in [0.3, 0.4) is 0 Å². The van der Waals surface area contributed by atoms with Crippen LogP contribution in [0.25, 0.3) is 0 Å². The van der Waals surface area contributed by atoms with E-state index in [4.69, 9.17) is 0 Å². The van der Waals surface area contributed by atoms with Gasteiger partial charge in [0.15, 0.2) is 9.84 Å². The topological polar surface area (TPSA) is 49.4 Å². The van der Waals surface area contributed by atoms with Gasteiger partial charge in [-0.3, -0.25) is 0 Å². The summed E-state index contributed by atoms with van der Waals surface area (Å²) in [5, 5.41) is 3.28. The second kappa shape index (κ2) is 9.05. The zero-order valence-electron chi connectivity index (χ0n) is 13.4. The van der Waals surface area contributed by atoms with E-state index in [2.05, 4.69) is 24.1 Å². The highest BCUT2D eigenvalue weighted by Gasteiger charge is 2.16. The van der Waals surface area contributed by atoms with E-state index in [0.717, 1.165) is 38.3 Å². The number of rotatable bonds is 10. The number of benzene rings is 1. The number of hydrogen-bond acceptors (Lipinski definition) is 4. The van der Waals surface area contributed by atoms with Crippen LogP contribution in [-0.4, -0.2) is 45.2 Å². The highest BCUT2D eigenvalue weighted by Crippen LogP contribution is 2.22. The van der Waals surface area contributed by atoms with Gasteiger partial charge >= 0.3 is 0 Å². The van der Waals surface area contributed by atoms with E-state index in [1.807, 2.05) is 19.1 Å². The monoisotopic (exact) mass is 312 g/mol. The average Bonchev–Trinajstić information content (AvgIpc) is 2.48. The molecule has 0 atom stereocenters. The molecule has 0 radical (unpaired) electrons. The zero-order valence-corrected chi connectivity index (χ0v) is 14.2. The molecule has 0 heterocycles. The molecule has 0 fully saturated rings. The first kappa shape index (κ1) is 18.0. The second-order valence-electron chi connectivity index (χ2n) is 5.12. The Bertz CT molecular complexity index is 511. The first-order valence-electron chi connectivity index (χ1n) is 7.83. The second-order valence-corrected chi connectivity index (χ2v) is 7.20. The number of anilines is 1. The fourth-order valence-corrected chi connectivity index (χ4v) is 3.85. The maximum atomic E-state index is 12.2. The molecule has 0 unspecified atom stereocenters. The summed E-state index contributed by atoms with van der Waals surface area (Å²) in [6.07, 6.45) is 1.64. The Hall–Kier alpha value is -1.07. The van der Waals surface area contributed by atoms with Crippen molar-refractivity contribution >= 4 is 15.5 Å². The van der Waals surface area contributed by atoms with Gasteiger partial charge in [0.25, 0.3) is 0 Å². The van der Waals surface area contributed by atoms with Crippen LogP contribution < -0.4 is 5.32 Å². The number of nitrogens with one attached hydrogen (secondary N) is 1. The summed E-state index contributed by atoms with van der Waals surface area (Å²) >= 11 is 0. The van der Waals surface area contributed by atoms with Gasteiger partial charge in [-0.25, -0.2) is 8.42 Å². The lowest BCUT2D eigenvalue weighted by Crippen LogP contribution is -2.25. The summed E-state index contributed by atoms with van der Waals surface area (Å²) in [5.74, 6) is 0.200. The molecule has 0 amide bonds. The smallest absolute Gasteiger partial charge is 0.180 e. The summed E-state index contributed by atoms with van der Waals surface area (Å²) in [4.78, 5) is 2.79. The van der Waals surface area contributed by atoms with Gasteiger partial charge in [0, 0.05) is 6.54 Å². The molecule has 0 aromatic heterocycles. The van der Waals surface area contributed by atoms with Crippen molar-refractivity contribution in [1.82, 2.24) is 4.90 Å². The van der Waals surface area contributed by atoms with Gasteiger partial charge < -0.3 is 10.2 Å². The lowest BCUT2D eigenvalue weighted by atomic mass is 10.3. The van der Waals surface area contributed by atoms with Crippen LogP contribution in [0.1, 0.15) is 33.6 Å². The van der Waals surface area contributed by atoms with Crippen molar-refractivity contribution in [3.05, 3.63) is 24.3 Å². The van der Waals surface area contributed by atoms with E-state index in [-0.39, 0.29) is 5.75 Å². The summed E-state index contributed by atoms with van der Waals surface area (Å²) in [6, 6.07) is 7.19. The molecule has 4 nitrogen and oxygen atoms in total. The minimum atomic E-state index is -3.18. The van der Waals surface area contributed by atoms with Crippen LogP contribution in [0.4, 0.5) is 5.69 Å². The van der Waals surface area contributed by atoms with Crippen LogP contribution in [0.2, 0.25) is 0 Å². The molecule has 5 heteroatoms. The standard InChI is InChI=1S/C16H28N2O2S/c1-4-14-21(19,20)16-11-8-7-10-15(16)17-12-9-13-18(5-2)6-3/h7-8,10-11,17H,4-6,9,12-14H2,1-3H3. The third kappa shape index (κ3) is 5.67. The van der Waals surface area contributed by atoms with Crippen molar-refractivity contribution in [3.63, 3.8) is 0 Å². The molecule has 1 rings (SSSR count). The fraction of sp³-hybridized carbons (Fsp3) is 0.625. The van der Waals surface area contributed by atoms with Crippen molar-refractivity contribution < 1.29 is 8.42 Å². The third-order valence-corrected chi connectivity index (χ3v) is 5.53. The van der Waals surface area contributed by atoms with Gasteiger partial charge in [-0.1, -0.05) is 32.9 Å². The van der Waals surface area contributed by atoms with Gasteiger partial charge in [-0.15, -0.1) is 0 Å². The van der Waals surface area contributed by atoms with Crippen molar-refractivity contribution in [2.24, 2.45) is 0 Å². The lowest BCUT2D eigenvalue weighted by Gasteiger charge is -2.18. The molecule has 0 spiro atoms. The normalized spacial score (nSPS) is 11.8. The molecule has 1 aromatic carbocycles. The van der Waals surface area contributed by atoms with E-state index >= 15 is 0 Å². The molecular formula is C16H28N2O2S. The first-order chi connectivity index (χ1) is 10.0. The summed E-state index contributed by atoms with van der Waals surface area (Å²) in [6.45, 7) is 10.1. The van der Waals surface area contributed by atoms with Crippen molar-refractivity contribution in [1.29, 1.82) is 0 Å². The Morgan fingerprint density at radius 2 is 1.76 bits per heavy atom. The molecule has 0 bridgehead atoms. The quantitative estimate of drug-likeness (QED) is 0.675. The molecule has 1 aromatic rings. The minimum Gasteiger partial charge on any atom is -0.384 e. The largest absolute Gasteiger partial charge is 0.384 e. The summed E-state index contributed by atoms with van der Waals surface area (Å²) < 4.78 is 24.5. The number of para-hydroxylation sites is 1. The molecule has 0 aliphatic rings. The Labute approximate surface area is 129 Å². The van der Waals surface area contributed by atoms with Crippen LogP contribution >= 0.6 is 0 Å². The van der Waals surface area contributed by atoms with E-state index in [1.54, 1.807) is 12.1 Å². The van der Waals surface area contributed by atoms with E-state index in [0.29, 0.717) is 11.3 Å². The van der Waals surface area contributed by atoms with Crippen molar-refractivity contribution in [3.8, 4) is 0 Å². The van der Waals surface area contributed by atoms with Gasteiger partial charge in [0.05, 0.1) is 16.3 Å². The predicted octanol–water partition coefficient (Wildman–Crippen LogP) is 3.01. The number of sulfone groups is 1. The Morgan fingerprint density at radius 3 is 2.38 bits per heavy atom. The molecule has 1 N–H and O–H groups in total. The van der Waals surface area contributed by atoms with Gasteiger partial charge in [0.1, 0.15) is 0 Å². The van der Waals surface area contributed by atoms with E-state index in [9.17, 15) is 8.42 Å². The molecule has 21 heavy (non-hydrogen) atoms. The summed E-state index contributed by atoms with van der Waals surface area (Å²) in [5.41, 5.74) is 0.727. The maximum Gasteiger partial charge on any atom is 0.180 e. The number of nitrogens with zero attached hydrogens (tertiary/aromatic N) is 1. The van der Waals surface area contributed by atoms with Gasteiger partial charge in [0.2, 0.25) is 0 Å². The molecule has 0 aliphatic heterocycles. The summed E-state index contributed by atoms with van der Waals surface area (Å²) in [7, 11) is -3.18. The highest BCUT2D eigenvalue weighted by atomic mass is 32.2. The zero-order chi connectivity index (χ0) is 15.7.